The number of nitrogens with zero attached hydrogens (tertiary/aromatic N) is 1. The van der Waals surface area contributed by atoms with Crippen LogP contribution in [-0.4, -0.2) is 37.5 Å². The quantitative estimate of drug-likeness (QED) is 0.603. The summed E-state index contributed by atoms with van der Waals surface area (Å²) in [6.45, 7) is 6.32. The molecule has 3 heteroatoms. The van der Waals surface area contributed by atoms with E-state index in [9.17, 15) is 4.79 Å². The van der Waals surface area contributed by atoms with Crippen LogP contribution >= 0.6 is 0 Å². The summed E-state index contributed by atoms with van der Waals surface area (Å²) in [4.78, 5) is 12.9. The Bertz CT molecular complexity index is 126. The van der Waals surface area contributed by atoms with E-state index in [1.54, 1.807) is 4.90 Å². The highest BCUT2D eigenvalue weighted by molar-refractivity contribution is 5.77. The number of hydrogen-bond donors (Lipinski definition) is 1. The molecule has 0 aromatic carbocycles. The van der Waals surface area contributed by atoms with Crippen molar-refractivity contribution in [1.29, 1.82) is 0 Å². The van der Waals surface area contributed by atoms with Crippen molar-refractivity contribution in [2.24, 2.45) is 0 Å². The Labute approximate surface area is 75.1 Å². The number of carbonyl (C=O) groups is 1. The van der Waals surface area contributed by atoms with Crippen LogP contribution in [0.3, 0.4) is 0 Å². The molecule has 0 fully saturated rings. The normalized spacial score (nSPS) is 9.92. The zero-order chi connectivity index (χ0) is 9.40. The fraction of sp³-hybridized carbons (Fsp3) is 0.889. The van der Waals surface area contributed by atoms with Crippen LogP contribution in [0.1, 0.15) is 26.7 Å². The number of likely N-dealkylation sites (N-methyl/N-ethyl adjacent to an activating group) is 1. The monoisotopic (exact) mass is 172 g/mol. The smallest absolute Gasteiger partial charge is 0.236 e. The Hall–Kier alpha value is -0.570. The van der Waals surface area contributed by atoms with E-state index >= 15 is 0 Å². The second kappa shape index (κ2) is 7.10. The molecule has 0 aliphatic heterocycles. The molecule has 3 nitrogen and oxygen atoms in total. The molecule has 1 amide bonds. The summed E-state index contributed by atoms with van der Waals surface area (Å²) in [5, 5.41) is 3.11. The second-order valence-corrected chi connectivity index (χ2v) is 2.94. The van der Waals surface area contributed by atoms with Crippen LogP contribution in [0.25, 0.3) is 0 Å². The molecule has 0 aliphatic carbocycles. The predicted molar refractivity (Wildman–Crippen MR) is 51.1 cm³/mol. The van der Waals surface area contributed by atoms with Crippen LogP contribution in [0.4, 0.5) is 0 Å². The van der Waals surface area contributed by atoms with Gasteiger partial charge in [0.1, 0.15) is 0 Å². The van der Waals surface area contributed by atoms with Gasteiger partial charge >= 0.3 is 0 Å². The minimum atomic E-state index is 0.175. The summed E-state index contributed by atoms with van der Waals surface area (Å²) in [6, 6.07) is 0. The molecule has 0 aliphatic rings. The Balaban J connectivity index is 3.31. The van der Waals surface area contributed by atoms with Crippen molar-refractivity contribution in [2.45, 2.75) is 26.7 Å². The molecular formula is C9H20N2O. The zero-order valence-corrected chi connectivity index (χ0v) is 8.39. The van der Waals surface area contributed by atoms with Crippen molar-refractivity contribution in [3.63, 3.8) is 0 Å². The Kier molecular flexibility index (Phi) is 6.76. The molecule has 0 radical (unpaired) electrons. The SMILES string of the molecule is CCCCNCC(=O)N(C)CC. The number of nitrogens with one attached hydrogen (secondary N) is 1. The summed E-state index contributed by atoms with van der Waals surface area (Å²) in [7, 11) is 1.82. The first-order chi connectivity index (χ1) is 5.72. The number of carbonyl (C=O) groups excluding carboxylic acids is 1. The van der Waals surface area contributed by atoms with E-state index in [2.05, 4.69) is 12.2 Å². The molecule has 0 aromatic heterocycles. The number of amides is 1. The highest BCUT2D eigenvalue weighted by Gasteiger charge is 2.03. The van der Waals surface area contributed by atoms with Gasteiger partial charge in [-0.15, -0.1) is 0 Å². The van der Waals surface area contributed by atoms with Crippen molar-refractivity contribution < 1.29 is 4.79 Å². The molecule has 0 unspecified atom stereocenters. The average Bonchev–Trinajstić information content (AvgIpc) is 2.10. The van der Waals surface area contributed by atoms with E-state index in [4.69, 9.17) is 0 Å². The van der Waals surface area contributed by atoms with Gasteiger partial charge in [-0.2, -0.15) is 0 Å². The number of unbranched alkanes of at least 4 members (excludes halogenated alkanes) is 1. The minimum absolute atomic E-state index is 0.175. The van der Waals surface area contributed by atoms with E-state index in [0.29, 0.717) is 6.54 Å². The van der Waals surface area contributed by atoms with Crippen molar-refractivity contribution in [3.05, 3.63) is 0 Å². The number of hydrogen-bond acceptors (Lipinski definition) is 2. The highest BCUT2D eigenvalue weighted by atomic mass is 16.2. The van der Waals surface area contributed by atoms with E-state index in [1.807, 2.05) is 14.0 Å². The van der Waals surface area contributed by atoms with Gasteiger partial charge in [0.25, 0.3) is 0 Å². The molecule has 0 rings (SSSR count). The van der Waals surface area contributed by atoms with Gasteiger partial charge in [-0.25, -0.2) is 0 Å². The number of rotatable bonds is 6. The summed E-state index contributed by atoms with van der Waals surface area (Å²) in [5.41, 5.74) is 0. The zero-order valence-electron chi connectivity index (χ0n) is 8.39. The fourth-order valence-electron chi connectivity index (χ4n) is 0.808. The maximum absolute atomic E-state index is 11.2. The van der Waals surface area contributed by atoms with E-state index in [-0.39, 0.29) is 5.91 Å². The molecule has 0 heterocycles. The van der Waals surface area contributed by atoms with Gasteiger partial charge in [-0.05, 0) is 19.9 Å². The lowest BCUT2D eigenvalue weighted by atomic mass is 10.3. The van der Waals surface area contributed by atoms with Crippen LogP contribution < -0.4 is 5.32 Å². The highest BCUT2D eigenvalue weighted by Crippen LogP contribution is 1.84. The molecule has 0 saturated heterocycles. The van der Waals surface area contributed by atoms with E-state index in [1.165, 1.54) is 6.42 Å². The standard InChI is InChI=1S/C9H20N2O/c1-4-6-7-10-8-9(12)11(3)5-2/h10H,4-8H2,1-3H3. The van der Waals surface area contributed by atoms with E-state index in [0.717, 1.165) is 19.5 Å². The maximum Gasteiger partial charge on any atom is 0.236 e. The molecule has 0 spiro atoms. The Morgan fingerprint density at radius 2 is 2.08 bits per heavy atom. The topological polar surface area (TPSA) is 32.3 Å². The lowest BCUT2D eigenvalue weighted by Gasteiger charge is -2.14. The van der Waals surface area contributed by atoms with Crippen LogP contribution in [-0.2, 0) is 4.79 Å². The van der Waals surface area contributed by atoms with Crippen LogP contribution in [0.2, 0.25) is 0 Å². The van der Waals surface area contributed by atoms with Gasteiger partial charge in [0.05, 0.1) is 6.54 Å². The summed E-state index contributed by atoms with van der Waals surface area (Å²) < 4.78 is 0. The van der Waals surface area contributed by atoms with Gasteiger partial charge in [0.2, 0.25) is 5.91 Å². The second-order valence-electron chi connectivity index (χ2n) is 2.94. The lowest BCUT2D eigenvalue weighted by molar-refractivity contribution is -0.128. The van der Waals surface area contributed by atoms with Crippen molar-refractivity contribution in [3.8, 4) is 0 Å². The summed E-state index contributed by atoms with van der Waals surface area (Å²) >= 11 is 0. The minimum Gasteiger partial charge on any atom is -0.345 e. The van der Waals surface area contributed by atoms with Gasteiger partial charge in [0, 0.05) is 13.6 Å². The molecule has 12 heavy (non-hydrogen) atoms. The molecule has 72 valence electrons. The third kappa shape index (κ3) is 5.13. The summed E-state index contributed by atoms with van der Waals surface area (Å²) in [6.07, 6.45) is 2.31. The molecule has 0 atom stereocenters. The van der Waals surface area contributed by atoms with Gasteiger partial charge in [-0.1, -0.05) is 13.3 Å². The average molecular weight is 172 g/mol. The van der Waals surface area contributed by atoms with Crippen LogP contribution in [0.15, 0.2) is 0 Å². The summed E-state index contributed by atoms with van der Waals surface area (Å²) in [5.74, 6) is 0.175. The molecule has 0 bridgehead atoms. The predicted octanol–water partition coefficient (Wildman–Crippen LogP) is 0.854. The van der Waals surface area contributed by atoms with Crippen molar-refractivity contribution >= 4 is 5.91 Å². The third-order valence-corrected chi connectivity index (χ3v) is 1.88. The van der Waals surface area contributed by atoms with E-state index < -0.39 is 0 Å². The molecular weight excluding hydrogens is 152 g/mol. The lowest BCUT2D eigenvalue weighted by Crippen LogP contribution is -2.35. The first kappa shape index (κ1) is 11.4. The van der Waals surface area contributed by atoms with Crippen molar-refractivity contribution in [2.75, 3.05) is 26.7 Å². The van der Waals surface area contributed by atoms with Gasteiger partial charge < -0.3 is 10.2 Å². The Morgan fingerprint density at radius 3 is 2.58 bits per heavy atom. The largest absolute Gasteiger partial charge is 0.345 e. The van der Waals surface area contributed by atoms with Crippen LogP contribution in [0.5, 0.6) is 0 Å². The fourth-order valence-corrected chi connectivity index (χ4v) is 0.808. The first-order valence-corrected chi connectivity index (χ1v) is 4.67. The van der Waals surface area contributed by atoms with Crippen molar-refractivity contribution in [1.82, 2.24) is 10.2 Å². The molecule has 0 saturated carbocycles. The molecule has 1 N–H and O–H groups in total. The van der Waals surface area contributed by atoms with Gasteiger partial charge in [-0.3, -0.25) is 4.79 Å². The maximum atomic E-state index is 11.2. The van der Waals surface area contributed by atoms with Gasteiger partial charge in [0.15, 0.2) is 0 Å². The van der Waals surface area contributed by atoms with Crippen LogP contribution in [0, 0.1) is 0 Å². The third-order valence-electron chi connectivity index (χ3n) is 1.88. The Morgan fingerprint density at radius 1 is 1.42 bits per heavy atom. The first-order valence-electron chi connectivity index (χ1n) is 4.67. The molecule has 0 aromatic rings.